The van der Waals surface area contributed by atoms with Crippen molar-refractivity contribution in [2.24, 2.45) is 5.92 Å². The molecule has 1 fully saturated rings. The molecule has 0 aromatic rings. The van der Waals surface area contributed by atoms with Gasteiger partial charge in [-0.2, -0.15) is 0 Å². The minimum absolute atomic E-state index is 0.0798. The van der Waals surface area contributed by atoms with Crippen LogP contribution in [-0.2, 0) is 14.3 Å². The fourth-order valence-corrected chi connectivity index (χ4v) is 3.16. The lowest BCUT2D eigenvalue weighted by atomic mass is 10.00. The largest absolute Gasteiger partial charge is 0.469 e. The van der Waals surface area contributed by atoms with Crippen molar-refractivity contribution in [1.29, 1.82) is 0 Å². The molecule has 0 unspecified atom stereocenters. The molecule has 1 N–H and O–H groups in total. The van der Waals surface area contributed by atoms with Crippen LogP contribution in [0, 0.1) is 17.8 Å². The van der Waals surface area contributed by atoms with Gasteiger partial charge < -0.3 is 14.7 Å². The molecule has 0 aromatic carbocycles. The molecule has 3 atom stereocenters. The van der Waals surface area contributed by atoms with Crippen LogP contribution >= 0.6 is 0 Å². The number of likely N-dealkylation sites (tertiary alicyclic amines) is 1. The summed E-state index contributed by atoms with van der Waals surface area (Å²) in [5.41, 5.74) is 0. The molecule has 0 bridgehead atoms. The Balaban J connectivity index is 2.37. The second kappa shape index (κ2) is 13.4. The molecule has 5 nitrogen and oxygen atoms in total. The van der Waals surface area contributed by atoms with E-state index in [1.54, 1.807) is 0 Å². The average Bonchev–Trinajstić information content (AvgIpc) is 3.02. The lowest BCUT2D eigenvalue weighted by molar-refractivity contribution is -0.140. The third-order valence-electron chi connectivity index (χ3n) is 4.97. The van der Waals surface area contributed by atoms with Gasteiger partial charge in [0.15, 0.2) is 0 Å². The van der Waals surface area contributed by atoms with E-state index in [0.717, 1.165) is 45.1 Å². The number of aliphatic hydroxyl groups excluding tert-OH is 1. The summed E-state index contributed by atoms with van der Waals surface area (Å²) in [5, 5.41) is 10.3. The summed E-state index contributed by atoms with van der Waals surface area (Å²) in [5.74, 6) is 6.22. The van der Waals surface area contributed by atoms with Gasteiger partial charge >= 0.3 is 5.97 Å². The molecule has 152 valence electrons. The minimum atomic E-state index is -0.535. The number of rotatable bonds is 11. The monoisotopic (exact) mass is 377 g/mol. The molecule has 0 radical (unpaired) electrons. The molecule has 1 amide bonds. The highest BCUT2D eigenvalue weighted by Crippen LogP contribution is 2.22. The number of unbranched alkanes of at least 4 members (excludes halogenated alkanes) is 3. The van der Waals surface area contributed by atoms with E-state index in [0.29, 0.717) is 19.3 Å². The molecule has 1 rings (SSSR count). The van der Waals surface area contributed by atoms with Crippen LogP contribution in [0.5, 0.6) is 0 Å². The second-order valence-electron chi connectivity index (χ2n) is 7.20. The number of amides is 1. The van der Waals surface area contributed by atoms with E-state index in [2.05, 4.69) is 16.6 Å². The average molecular weight is 378 g/mol. The summed E-state index contributed by atoms with van der Waals surface area (Å²) < 4.78 is 4.63. The van der Waals surface area contributed by atoms with Gasteiger partial charge in [-0.25, -0.2) is 0 Å². The van der Waals surface area contributed by atoms with E-state index in [9.17, 15) is 14.7 Å². The Morgan fingerprint density at radius 2 is 2.07 bits per heavy atom. The molecule has 0 spiro atoms. The number of carbonyl (C=O) groups excluding carboxylic acids is 2. The highest BCUT2D eigenvalue weighted by molar-refractivity contribution is 5.79. The molecule has 0 saturated carbocycles. The Kier molecular flexibility index (Phi) is 11.5. The molecule has 1 aliphatic heterocycles. The maximum absolute atomic E-state index is 12.1. The van der Waals surface area contributed by atoms with Crippen molar-refractivity contribution in [3.05, 3.63) is 12.2 Å². The van der Waals surface area contributed by atoms with Crippen molar-refractivity contribution >= 4 is 11.9 Å². The molecular weight excluding hydrogens is 342 g/mol. The van der Waals surface area contributed by atoms with E-state index >= 15 is 0 Å². The summed E-state index contributed by atoms with van der Waals surface area (Å²) in [7, 11) is 1.41. The first kappa shape index (κ1) is 23.2. The standard InChI is InChI=1S/C22H35NO4/c1-4-5-8-11-18(2)20(24)15-13-19-14-16-21(25)23(19)17-10-7-6-9-12-22(26)27-3/h13,15,18-20,24H,4,6-7,9-12,14,16-17H2,1-3H3/t18-,19+,20-/m1/s1. The van der Waals surface area contributed by atoms with Crippen LogP contribution in [-0.4, -0.2) is 47.7 Å². The molecule has 0 aliphatic carbocycles. The molecular formula is C22H35NO4. The molecule has 27 heavy (non-hydrogen) atoms. The fraction of sp³-hybridized carbons (Fsp3) is 0.727. The van der Waals surface area contributed by atoms with E-state index in [1.165, 1.54) is 7.11 Å². The van der Waals surface area contributed by atoms with Crippen molar-refractivity contribution in [2.75, 3.05) is 13.7 Å². The van der Waals surface area contributed by atoms with Crippen molar-refractivity contribution in [2.45, 2.75) is 83.8 Å². The highest BCUT2D eigenvalue weighted by Gasteiger charge is 2.28. The van der Waals surface area contributed by atoms with E-state index in [1.807, 2.05) is 30.9 Å². The van der Waals surface area contributed by atoms with Crippen LogP contribution in [0.1, 0.15) is 71.6 Å². The van der Waals surface area contributed by atoms with Crippen LogP contribution in [0.15, 0.2) is 12.2 Å². The number of hydrogen-bond donors (Lipinski definition) is 1. The van der Waals surface area contributed by atoms with Gasteiger partial charge in [0.2, 0.25) is 5.91 Å². The van der Waals surface area contributed by atoms with Crippen LogP contribution in [0.3, 0.4) is 0 Å². The Morgan fingerprint density at radius 1 is 1.33 bits per heavy atom. The van der Waals surface area contributed by atoms with Crippen LogP contribution in [0.4, 0.5) is 0 Å². The van der Waals surface area contributed by atoms with Gasteiger partial charge in [0, 0.05) is 32.2 Å². The Hall–Kier alpha value is -1.80. The van der Waals surface area contributed by atoms with Gasteiger partial charge in [-0.3, -0.25) is 9.59 Å². The quantitative estimate of drug-likeness (QED) is 0.259. The maximum atomic E-state index is 12.1. The van der Waals surface area contributed by atoms with Gasteiger partial charge in [0.1, 0.15) is 0 Å². The van der Waals surface area contributed by atoms with E-state index in [4.69, 9.17) is 0 Å². The number of aliphatic hydroxyl groups is 1. The van der Waals surface area contributed by atoms with Gasteiger partial charge in [-0.1, -0.05) is 38.8 Å². The van der Waals surface area contributed by atoms with Crippen molar-refractivity contribution < 1.29 is 19.4 Å². The van der Waals surface area contributed by atoms with Crippen LogP contribution in [0.25, 0.3) is 0 Å². The minimum Gasteiger partial charge on any atom is -0.469 e. The molecule has 5 heteroatoms. The van der Waals surface area contributed by atoms with Crippen molar-refractivity contribution in [1.82, 2.24) is 4.90 Å². The predicted molar refractivity (Wildman–Crippen MR) is 107 cm³/mol. The summed E-state index contributed by atoms with van der Waals surface area (Å²) >= 11 is 0. The number of carbonyl (C=O) groups is 2. The first-order chi connectivity index (χ1) is 13.0. The van der Waals surface area contributed by atoms with Gasteiger partial charge in [0.25, 0.3) is 0 Å². The number of ether oxygens (including phenoxy) is 1. The van der Waals surface area contributed by atoms with E-state index < -0.39 is 6.10 Å². The zero-order valence-corrected chi connectivity index (χ0v) is 17.1. The topological polar surface area (TPSA) is 66.8 Å². The maximum Gasteiger partial charge on any atom is 0.305 e. The molecule has 1 heterocycles. The normalized spacial score (nSPS) is 19.0. The Morgan fingerprint density at radius 3 is 2.78 bits per heavy atom. The van der Waals surface area contributed by atoms with Gasteiger partial charge in [-0.15, -0.1) is 11.8 Å². The Bertz CT molecular complexity index is 546. The van der Waals surface area contributed by atoms with Crippen LogP contribution < -0.4 is 0 Å². The Labute approximate surface area is 164 Å². The lowest BCUT2D eigenvalue weighted by Crippen LogP contribution is -2.33. The smallest absolute Gasteiger partial charge is 0.305 e. The first-order valence-electron chi connectivity index (χ1n) is 10.2. The summed E-state index contributed by atoms with van der Waals surface area (Å²) in [6.45, 7) is 4.74. The second-order valence-corrected chi connectivity index (χ2v) is 7.20. The van der Waals surface area contributed by atoms with Crippen molar-refractivity contribution in [3.63, 3.8) is 0 Å². The predicted octanol–water partition coefficient (Wildman–Crippen LogP) is 3.46. The third kappa shape index (κ3) is 9.10. The SMILES string of the molecule is CCC#CC[C@@H](C)[C@H](O)C=C[C@H]1CCC(=O)N1CCCCCCC(=O)OC. The van der Waals surface area contributed by atoms with Gasteiger partial charge in [-0.05, 0) is 25.2 Å². The lowest BCUT2D eigenvalue weighted by Gasteiger charge is -2.23. The highest BCUT2D eigenvalue weighted by atomic mass is 16.5. The summed E-state index contributed by atoms with van der Waals surface area (Å²) in [4.78, 5) is 25.1. The first-order valence-corrected chi connectivity index (χ1v) is 10.2. The number of hydrogen-bond acceptors (Lipinski definition) is 4. The summed E-state index contributed by atoms with van der Waals surface area (Å²) in [6, 6.07) is 0.0798. The fourth-order valence-electron chi connectivity index (χ4n) is 3.16. The number of methoxy groups -OCH3 is 1. The van der Waals surface area contributed by atoms with Crippen LogP contribution in [0.2, 0.25) is 0 Å². The number of esters is 1. The number of nitrogens with zero attached hydrogens (tertiary/aromatic N) is 1. The molecule has 0 aromatic heterocycles. The zero-order valence-electron chi connectivity index (χ0n) is 17.1. The van der Waals surface area contributed by atoms with Gasteiger partial charge in [0.05, 0.1) is 19.3 Å². The molecule has 1 aliphatic rings. The zero-order chi connectivity index (χ0) is 20.1. The van der Waals surface area contributed by atoms with Crippen molar-refractivity contribution in [3.8, 4) is 11.8 Å². The molecule has 1 saturated heterocycles. The third-order valence-corrected chi connectivity index (χ3v) is 4.97. The van der Waals surface area contributed by atoms with E-state index in [-0.39, 0.29) is 23.8 Å². The summed E-state index contributed by atoms with van der Waals surface area (Å²) in [6.07, 6.45) is 10.4.